The average molecular weight is 352 g/mol. The average Bonchev–Trinajstić information content (AvgIpc) is 3.42. The number of halogens is 4. The number of benzene rings is 2. The Morgan fingerprint density at radius 2 is 1.62 bits per heavy atom. The maximum Gasteiger partial charge on any atom is 0.198 e. The number of nitrogens with one attached hydrogen (secondary N) is 1. The Labute approximate surface area is 140 Å². The lowest BCUT2D eigenvalue weighted by Gasteiger charge is -2.14. The second kappa shape index (κ2) is 6.73. The smallest absolute Gasteiger partial charge is 0.198 e. The van der Waals surface area contributed by atoms with Crippen LogP contribution in [0.1, 0.15) is 24.0 Å². The Kier molecular flexibility index (Phi) is 4.67. The molecule has 0 heterocycles. The summed E-state index contributed by atoms with van der Waals surface area (Å²) < 4.78 is 58.0. The van der Waals surface area contributed by atoms with Crippen molar-refractivity contribution in [3.8, 4) is 6.07 Å². The molecule has 1 saturated carbocycles. The minimum Gasteiger partial charge on any atom is -0.326 e. The normalized spacial score (nSPS) is 13.6. The van der Waals surface area contributed by atoms with E-state index in [9.17, 15) is 17.6 Å². The van der Waals surface area contributed by atoms with E-state index in [1.807, 2.05) is 6.07 Å². The maximum atomic E-state index is 14.1. The summed E-state index contributed by atoms with van der Waals surface area (Å²) in [6.07, 6.45) is 1.91. The third-order valence-electron chi connectivity index (χ3n) is 3.79. The molecule has 3 rings (SSSR count). The number of nitrogens with zero attached hydrogens (tertiary/aromatic N) is 1. The Hall–Kier alpha value is -2.20. The highest BCUT2D eigenvalue weighted by molar-refractivity contribution is 8.00. The van der Waals surface area contributed by atoms with E-state index in [1.165, 1.54) is 0 Å². The summed E-state index contributed by atoms with van der Waals surface area (Å²) >= 11 is 0.692. The van der Waals surface area contributed by atoms with E-state index in [2.05, 4.69) is 4.72 Å². The Morgan fingerprint density at radius 1 is 1.00 bits per heavy atom. The molecule has 1 aliphatic carbocycles. The summed E-state index contributed by atoms with van der Waals surface area (Å²) in [5, 5.41) is 8.74. The van der Waals surface area contributed by atoms with Crippen LogP contribution in [0.5, 0.6) is 0 Å². The first-order valence-electron chi connectivity index (χ1n) is 7.29. The van der Waals surface area contributed by atoms with Gasteiger partial charge in [0.05, 0.1) is 16.5 Å². The van der Waals surface area contributed by atoms with Crippen molar-refractivity contribution in [3.63, 3.8) is 0 Å². The van der Waals surface area contributed by atoms with Crippen LogP contribution >= 0.6 is 11.9 Å². The molecule has 124 valence electrons. The summed E-state index contributed by atoms with van der Waals surface area (Å²) in [5.41, 5.74) is 0.839. The summed E-state index contributed by atoms with van der Waals surface area (Å²) in [5.74, 6) is -6.12. The van der Waals surface area contributed by atoms with Crippen LogP contribution in [0.2, 0.25) is 0 Å². The summed E-state index contributed by atoms with van der Waals surface area (Å²) in [6, 6.07) is 8.23. The zero-order chi connectivity index (χ0) is 17.3. The second-order valence-corrected chi connectivity index (χ2v) is 6.42. The van der Waals surface area contributed by atoms with Crippen molar-refractivity contribution in [1.29, 1.82) is 5.26 Å². The first-order valence-corrected chi connectivity index (χ1v) is 8.10. The van der Waals surface area contributed by atoms with Crippen LogP contribution in [0.4, 0.5) is 23.2 Å². The van der Waals surface area contributed by atoms with Crippen molar-refractivity contribution in [2.24, 2.45) is 5.92 Å². The second-order valence-electron chi connectivity index (χ2n) is 5.60. The summed E-state index contributed by atoms with van der Waals surface area (Å²) in [4.78, 5) is -0.275. The van der Waals surface area contributed by atoms with Gasteiger partial charge < -0.3 is 4.72 Å². The van der Waals surface area contributed by atoms with Gasteiger partial charge >= 0.3 is 0 Å². The lowest BCUT2D eigenvalue weighted by atomic mass is 10.1. The highest BCUT2D eigenvalue weighted by Crippen LogP contribution is 2.39. The largest absolute Gasteiger partial charge is 0.326 e. The van der Waals surface area contributed by atoms with E-state index in [4.69, 9.17) is 5.26 Å². The molecule has 0 saturated heterocycles. The molecule has 2 aromatic rings. The van der Waals surface area contributed by atoms with E-state index >= 15 is 0 Å². The van der Waals surface area contributed by atoms with Gasteiger partial charge in [0, 0.05) is 11.3 Å². The molecule has 1 aliphatic rings. The maximum absolute atomic E-state index is 14.1. The quantitative estimate of drug-likeness (QED) is 0.348. The van der Waals surface area contributed by atoms with Gasteiger partial charge in [-0.05, 0) is 61.4 Å². The third-order valence-corrected chi connectivity index (χ3v) is 4.76. The molecule has 7 heteroatoms. The molecule has 0 aromatic heterocycles. The summed E-state index contributed by atoms with van der Waals surface area (Å²) in [6.45, 7) is 0. The fraction of sp³-hybridized carbons (Fsp3) is 0.235. The van der Waals surface area contributed by atoms with E-state index in [1.54, 1.807) is 24.3 Å². The molecule has 0 unspecified atom stereocenters. The molecule has 0 atom stereocenters. The highest BCUT2D eigenvalue weighted by Gasteiger charge is 2.30. The minimum absolute atomic E-state index is 0.139. The molecular weight excluding hydrogens is 340 g/mol. The van der Waals surface area contributed by atoms with Crippen molar-refractivity contribution in [2.45, 2.75) is 24.2 Å². The van der Waals surface area contributed by atoms with Crippen LogP contribution in [0.25, 0.3) is 0 Å². The third kappa shape index (κ3) is 3.34. The molecular formula is C17H12F4N2S. The molecule has 0 amide bonds. The molecule has 0 radical (unpaired) electrons. The van der Waals surface area contributed by atoms with Gasteiger partial charge in [0.2, 0.25) is 0 Å². The van der Waals surface area contributed by atoms with E-state index in [-0.39, 0.29) is 22.8 Å². The van der Waals surface area contributed by atoms with Crippen LogP contribution in [0.3, 0.4) is 0 Å². The Bertz CT molecular complexity index is 811. The molecule has 0 aliphatic heterocycles. The number of nitriles is 1. The predicted octanol–water partition coefficient (Wildman–Crippen LogP) is 5.19. The SMILES string of the molecule is N#Cc1ccc(NSc2c(F)c(F)c(F)c(F)c2CC2CC2)cc1. The number of rotatable bonds is 5. The van der Waals surface area contributed by atoms with Crippen molar-refractivity contribution in [3.05, 3.63) is 58.7 Å². The van der Waals surface area contributed by atoms with Crippen molar-refractivity contribution in [1.82, 2.24) is 0 Å². The van der Waals surface area contributed by atoms with Gasteiger partial charge in [-0.25, -0.2) is 17.6 Å². The fourth-order valence-electron chi connectivity index (χ4n) is 2.28. The van der Waals surface area contributed by atoms with Gasteiger partial charge in [0.25, 0.3) is 0 Å². The molecule has 0 spiro atoms. The van der Waals surface area contributed by atoms with Crippen LogP contribution < -0.4 is 4.72 Å². The number of hydrogen-bond donors (Lipinski definition) is 1. The van der Waals surface area contributed by atoms with E-state index in [0.717, 1.165) is 12.8 Å². The van der Waals surface area contributed by atoms with Gasteiger partial charge in [-0.15, -0.1) is 0 Å². The summed E-state index contributed by atoms with van der Waals surface area (Å²) in [7, 11) is 0. The lowest BCUT2D eigenvalue weighted by Crippen LogP contribution is -2.07. The first-order chi connectivity index (χ1) is 11.5. The topological polar surface area (TPSA) is 35.8 Å². The first kappa shape index (κ1) is 16.7. The van der Waals surface area contributed by atoms with Gasteiger partial charge in [0.1, 0.15) is 0 Å². The van der Waals surface area contributed by atoms with Crippen LogP contribution in [0.15, 0.2) is 29.2 Å². The van der Waals surface area contributed by atoms with Crippen molar-refractivity contribution in [2.75, 3.05) is 4.72 Å². The van der Waals surface area contributed by atoms with Gasteiger partial charge in [-0.2, -0.15) is 5.26 Å². The Balaban J connectivity index is 1.88. The van der Waals surface area contributed by atoms with Crippen LogP contribution in [-0.2, 0) is 6.42 Å². The van der Waals surface area contributed by atoms with Crippen molar-refractivity contribution < 1.29 is 17.6 Å². The zero-order valence-corrected chi connectivity index (χ0v) is 13.2. The molecule has 1 N–H and O–H groups in total. The lowest BCUT2D eigenvalue weighted by molar-refractivity contribution is 0.390. The molecule has 2 nitrogen and oxygen atoms in total. The van der Waals surface area contributed by atoms with Crippen molar-refractivity contribution >= 4 is 17.6 Å². The number of anilines is 1. The van der Waals surface area contributed by atoms with Crippen LogP contribution in [-0.4, -0.2) is 0 Å². The Morgan fingerprint density at radius 3 is 2.21 bits per heavy atom. The zero-order valence-electron chi connectivity index (χ0n) is 12.4. The van der Waals surface area contributed by atoms with E-state index in [0.29, 0.717) is 23.2 Å². The molecule has 0 bridgehead atoms. The van der Waals surface area contributed by atoms with Gasteiger partial charge in [0.15, 0.2) is 23.3 Å². The fourth-order valence-corrected chi connectivity index (χ4v) is 3.11. The minimum atomic E-state index is -1.81. The van der Waals surface area contributed by atoms with Gasteiger partial charge in [-0.1, -0.05) is 0 Å². The molecule has 2 aromatic carbocycles. The molecule has 24 heavy (non-hydrogen) atoms. The standard InChI is InChI=1S/C17H12F4N2S/c18-13-12(7-9-1-2-9)17(16(21)15(20)14(13)19)24-23-11-5-3-10(8-22)4-6-11/h3-6,9,23H,1-2,7H2. The number of hydrogen-bond acceptors (Lipinski definition) is 3. The van der Waals surface area contributed by atoms with E-state index < -0.39 is 23.3 Å². The van der Waals surface area contributed by atoms with Crippen LogP contribution in [0, 0.1) is 40.5 Å². The monoisotopic (exact) mass is 352 g/mol. The molecule has 1 fully saturated rings. The highest BCUT2D eigenvalue weighted by atomic mass is 32.2. The predicted molar refractivity (Wildman–Crippen MR) is 83.3 cm³/mol. The van der Waals surface area contributed by atoms with Gasteiger partial charge in [-0.3, -0.25) is 0 Å².